The van der Waals surface area contributed by atoms with Crippen molar-refractivity contribution in [2.75, 3.05) is 18.9 Å². The molecule has 0 spiro atoms. The van der Waals surface area contributed by atoms with Crippen LogP contribution in [0.2, 0.25) is 0 Å². The second kappa shape index (κ2) is 5.26. The molecule has 12 heavy (non-hydrogen) atoms. The largest absolute Gasteiger partial charge is 0.442 e. The van der Waals surface area contributed by atoms with E-state index in [1.807, 2.05) is 0 Å². The number of hydrogen-bond donors (Lipinski definition) is 2. The molecule has 3 nitrogen and oxygen atoms in total. The van der Waals surface area contributed by atoms with E-state index in [0.717, 1.165) is 0 Å². The average molecular weight is 203 g/mol. The molecule has 0 aliphatic rings. The van der Waals surface area contributed by atoms with Gasteiger partial charge in [0.15, 0.2) is 0 Å². The first-order valence-electron chi connectivity index (χ1n) is 3.04. The molecule has 0 bridgehead atoms. The Hall–Kier alpha value is -0.430. The van der Waals surface area contributed by atoms with Crippen molar-refractivity contribution >= 4 is 17.7 Å². The van der Waals surface area contributed by atoms with Gasteiger partial charge in [-0.05, 0) is 11.8 Å². The molecule has 0 rings (SSSR count). The second-order valence-corrected chi connectivity index (χ2v) is 2.85. The number of aliphatic hydroxyl groups excluding tert-OH is 1. The van der Waals surface area contributed by atoms with Crippen LogP contribution in [0.25, 0.3) is 0 Å². The minimum atomic E-state index is -4.38. The number of alkyl halides is 3. The molecule has 0 atom stereocenters. The van der Waals surface area contributed by atoms with Gasteiger partial charge >= 0.3 is 5.51 Å². The zero-order valence-electron chi connectivity index (χ0n) is 6.02. The van der Waals surface area contributed by atoms with Gasteiger partial charge < -0.3 is 10.4 Å². The zero-order valence-corrected chi connectivity index (χ0v) is 6.84. The zero-order chi connectivity index (χ0) is 9.61. The van der Waals surface area contributed by atoms with Crippen LogP contribution in [0.15, 0.2) is 0 Å². The van der Waals surface area contributed by atoms with E-state index in [4.69, 9.17) is 5.11 Å². The number of carbonyl (C=O) groups excluding carboxylic acids is 1. The smallest absolute Gasteiger partial charge is 0.395 e. The number of halogens is 3. The summed E-state index contributed by atoms with van der Waals surface area (Å²) in [6.07, 6.45) is 0. The molecule has 0 aliphatic heterocycles. The van der Waals surface area contributed by atoms with E-state index in [2.05, 4.69) is 5.32 Å². The summed E-state index contributed by atoms with van der Waals surface area (Å²) in [4.78, 5) is 10.5. The Bertz CT molecular complexity index is 150. The van der Waals surface area contributed by atoms with Crippen LogP contribution in [0.3, 0.4) is 0 Å². The standard InChI is InChI=1S/C5H8F3NO2S/c6-5(7,8)12-3-4(11)9-1-2-10/h10H,1-3H2,(H,9,11). The van der Waals surface area contributed by atoms with Crippen molar-refractivity contribution in [3.8, 4) is 0 Å². The number of hydrogen-bond acceptors (Lipinski definition) is 3. The van der Waals surface area contributed by atoms with E-state index < -0.39 is 28.9 Å². The molecule has 0 aromatic heterocycles. The molecule has 0 aromatic carbocycles. The monoisotopic (exact) mass is 203 g/mol. The van der Waals surface area contributed by atoms with Gasteiger partial charge in [-0.1, -0.05) is 0 Å². The molecule has 1 amide bonds. The molecular weight excluding hydrogens is 195 g/mol. The lowest BCUT2D eigenvalue weighted by molar-refractivity contribution is -0.118. The van der Waals surface area contributed by atoms with Crippen LogP contribution in [-0.2, 0) is 4.79 Å². The number of carbonyl (C=O) groups is 1. The fourth-order valence-electron chi connectivity index (χ4n) is 0.394. The maximum atomic E-state index is 11.5. The van der Waals surface area contributed by atoms with Gasteiger partial charge in [0.25, 0.3) is 0 Å². The highest BCUT2D eigenvalue weighted by molar-refractivity contribution is 8.00. The molecule has 0 aliphatic carbocycles. The number of aliphatic hydroxyl groups is 1. The summed E-state index contributed by atoms with van der Waals surface area (Å²) in [6.45, 7) is -0.292. The summed E-state index contributed by atoms with van der Waals surface area (Å²) in [5.41, 5.74) is -4.38. The van der Waals surface area contributed by atoms with E-state index in [1.165, 1.54) is 0 Å². The van der Waals surface area contributed by atoms with Gasteiger partial charge in [0, 0.05) is 6.54 Å². The van der Waals surface area contributed by atoms with E-state index in [-0.39, 0.29) is 13.2 Å². The Kier molecular flexibility index (Phi) is 5.07. The highest BCUT2D eigenvalue weighted by Gasteiger charge is 2.28. The number of rotatable bonds is 4. The summed E-state index contributed by atoms with van der Waals surface area (Å²) >= 11 is -0.402. The van der Waals surface area contributed by atoms with Gasteiger partial charge in [0.05, 0.1) is 12.4 Å². The molecule has 0 fully saturated rings. The Morgan fingerprint density at radius 3 is 2.50 bits per heavy atom. The van der Waals surface area contributed by atoms with Crippen LogP contribution in [0.5, 0.6) is 0 Å². The fourth-order valence-corrected chi connectivity index (χ4v) is 0.791. The van der Waals surface area contributed by atoms with Crippen LogP contribution < -0.4 is 5.32 Å². The van der Waals surface area contributed by atoms with Gasteiger partial charge in [-0.15, -0.1) is 0 Å². The summed E-state index contributed by atoms with van der Waals surface area (Å²) in [5.74, 6) is -1.39. The molecule has 7 heteroatoms. The van der Waals surface area contributed by atoms with Crippen molar-refractivity contribution in [2.24, 2.45) is 0 Å². The van der Waals surface area contributed by atoms with Gasteiger partial charge in [0.2, 0.25) is 5.91 Å². The third kappa shape index (κ3) is 7.67. The van der Waals surface area contributed by atoms with E-state index >= 15 is 0 Å². The third-order valence-corrected chi connectivity index (χ3v) is 1.53. The van der Waals surface area contributed by atoms with Crippen molar-refractivity contribution in [1.82, 2.24) is 5.32 Å². The first-order chi connectivity index (χ1) is 5.45. The van der Waals surface area contributed by atoms with Crippen LogP contribution in [0.1, 0.15) is 0 Å². The quantitative estimate of drug-likeness (QED) is 0.693. The molecule has 0 unspecified atom stereocenters. The first-order valence-corrected chi connectivity index (χ1v) is 4.02. The van der Waals surface area contributed by atoms with Crippen molar-refractivity contribution in [3.05, 3.63) is 0 Å². The van der Waals surface area contributed by atoms with Crippen LogP contribution in [0, 0.1) is 0 Å². The second-order valence-electron chi connectivity index (χ2n) is 1.81. The summed E-state index contributed by atoms with van der Waals surface area (Å²) in [5, 5.41) is 10.3. The molecule has 0 saturated carbocycles. The molecule has 2 N–H and O–H groups in total. The highest BCUT2D eigenvalue weighted by atomic mass is 32.2. The van der Waals surface area contributed by atoms with Gasteiger partial charge in [0.1, 0.15) is 0 Å². The van der Waals surface area contributed by atoms with Crippen LogP contribution in [-0.4, -0.2) is 35.4 Å². The highest BCUT2D eigenvalue weighted by Crippen LogP contribution is 2.29. The molecule has 72 valence electrons. The number of thioether (sulfide) groups is 1. The summed E-state index contributed by atoms with van der Waals surface area (Å²) in [7, 11) is 0. The van der Waals surface area contributed by atoms with E-state index in [9.17, 15) is 18.0 Å². The van der Waals surface area contributed by atoms with Gasteiger partial charge in [-0.25, -0.2) is 0 Å². The Morgan fingerprint density at radius 1 is 1.50 bits per heavy atom. The summed E-state index contributed by atoms with van der Waals surface area (Å²) < 4.78 is 34.4. The molecule has 0 radical (unpaired) electrons. The number of nitrogens with one attached hydrogen (secondary N) is 1. The van der Waals surface area contributed by atoms with Gasteiger partial charge in [-0.2, -0.15) is 13.2 Å². The maximum Gasteiger partial charge on any atom is 0.442 e. The Morgan fingerprint density at radius 2 is 2.08 bits per heavy atom. The predicted octanol–water partition coefficient (Wildman–Crippen LogP) is 0.348. The third-order valence-electron chi connectivity index (χ3n) is 0.801. The van der Waals surface area contributed by atoms with Crippen LogP contribution in [0.4, 0.5) is 13.2 Å². The summed E-state index contributed by atoms with van der Waals surface area (Å²) in [6, 6.07) is 0. The van der Waals surface area contributed by atoms with Crippen molar-refractivity contribution in [1.29, 1.82) is 0 Å². The number of amides is 1. The Balaban J connectivity index is 3.44. The molecule has 0 heterocycles. The lowest BCUT2D eigenvalue weighted by Gasteiger charge is -2.05. The molecule has 0 saturated heterocycles. The lowest BCUT2D eigenvalue weighted by Crippen LogP contribution is -2.28. The maximum absolute atomic E-state index is 11.5. The lowest BCUT2D eigenvalue weighted by atomic mass is 10.6. The molecule has 0 aromatic rings. The minimum absolute atomic E-state index is 0.0166. The molecular formula is C5H8F3NO2S. The van der Waals surface area contributed by atoms with Crippen LogP contribution >= 0.6 is 11.8 Å². The normalized spacial score (nSPS) is 11.3. The fraction of sp³-hybridized carbons (Fsp3) is 0.800. The van der Waals surface area contributed by atoms with Gasteiger partial charge in [-0.3, -0.25) is 4.79 Å². The van der Waals surface area contributed by atoms with E-state index in [1.54, 1.807) is 0 Å². The predicted molar refractivity (Wildman–Crippen MR) is 38.6 cm³/mol. The van der Waals surface area contributed by atoms with Crippen molar-refractivity contribution in [3.63, 3.8) is 0 Å². The van der Waals surface area contributed by atoms with Crippen molar-refractivity contribution < 1.29 is 23.1 Å². The minimum Gasteiger partial charge on any atom is -0.395 e. The average Bonchev–Trinajstić information content (AvgIpc) is 1.95. The van der Waals surface area contributed by atoms with Crippen molar-refractivity contribution in [2.45, 2.75) is 5.51 Å². The Labute approximate surface area is 71.3 Å². The van der Waals surface area contributed by atoms with E-state index in [0.29, 0.717) is 0 Å². The first kappa shape index (κ1) is 11.6. The SMILES string of the molecule is O=C(CSC(F)(F)F)NCCO. The topological polar surface area (TPSA) is 49.3 Å².